The molecule has 1 atom stereocenters. The van der Waals surface area contributed by atoms with Crippen LogP contribution in [0, 0.1) is 29.1 Å². The van der Waals surface area contributed by atoms with Crippen molar-refractivity contribution in [2.24, 2.45) is 11.7 Å². The SMILES string of the molecule is CCN(CC(C)C#N)C(=O)c1ccccc1C#CCN. The van der Waals surface area contributed by atoms with Crippen LogP contribution in [0.25, 0.3) is 0 Å². The second kappa shape index (κ2) is 7.99. The van der Waals surface area contributed by atoms with Gasteiger partial charge in [0.25, 0.3) is 5.91 Å². The van der Waals surface area contributed by atoms with Crippen LogP contribution in [0.5, 0.6) is 0 Å². The first kappa shape index (κ1) is 15.8. The summed E-state index contributed by atoms with van der Waals surface area (Å²) < 4.78 is 0. The summed E-state index contributed by atoms with van der Waals surface area (Å²) in [6.45, 7) is 4.94. The van der Waals surface area contributed by atoms with Crippen LogP contribution in [-0.2, 0) is 0 Å². The number of nitrogens with zero attached hydrogens (tertiary/aromatic N) is 2. The Morgan fingerprint density at radius 1 is 1.45 bits per heavy atom. The third-order valence-corrected chi connectivity index (χ3v) is 2.87. The molecule has 0 saturated carbocycles. The Kier molecular flexibility index (Phi) is 6.29. The fourth-order valence-electron chi connectivity index (χ4n) is 1.82. The molecule has 0 radical (unpaired) electrons. The van der Waals surface area contributed by atoms with Gasteiger partial charge in [0, 0.05) is 18.7 Å². The molecule has 20 heavy (non-hydrogen) atoms. The quantitative estimate of drug-likeness (QED) is 0.844. The summed E-state index contributed by atoms with van der Waals surface area (Å²) in [5.74, 6) is 5.38. The van der Waals surface area contributed by atoms with Gasteiger partial charge in [0.2, 0.25) is 0 Å². The highest BCUT2D eigenvalue weighted by molar-refractivity contribution is 5.96. The first-order valence-electron chi connectivity index (χ1n) is 6.60. The van der Waals surface area contributed by atoms with Crippen LogP contribution in [-0.4, -0.2) is 30.4 Å². The van der Waals surface area contributed by atoms with Crippen molar-refractivity contribution in [3.8, 4) is 17.9 Å². The number of hydrogen-bond donors (Lipinski definition) is 1. The normalized spacial score (nSPS) is 10.9. The number of rotatable bonds is 4. The molecule has 0 aliphatic carbocycles. The van der Waals surface area contributed by atoms with Crippen LogP contribution in [0.4, 0.5) is 0 Å². The monoisotopic (exact) mass is 269 g/mol. The summed E-state index contributed by atoms with van der Waals surface area (Å²) >= 11 is 0. The van der Waals surface area contributed by atoms with E-state index >= 15 is 0 Å². The lowest BCUT2D eigenvalue weighted by Crippen LogP contribution is -2.34. The van der Waals surface area contributed by atoms with Crippen molar-refractivity contribution in [3.63, 3.8) is 0 Å². The Labute approximate surface area is 120 Å². The van der Waals surface area contributed by atoms with Crippen LogP contribution < -0.4 is 5.73 Å². The lowest BCUT2D eigenvalue weighted by Gasteiger charge is -2.22. The van der Waals surface area contributed by atoms with E-state index in [9.17, 15) is 4.79 Å². The zero-order valence-corrected chi connectivity index (χ0v) is 11.9. The molecule has 4 nitrogen and oxygen atoms in total. The number of nitriles is 1. The third-order valence-electron chi connectivity index (χ3n) is 2.87. The van der Waals surface area contributed by atoms with Crippen molar-refractivity contribution in [1.29, 1.82) is 5.26 Å². The maximum Gasteiger partial charge on any atom is 0.255 e. The van der Waals surface area contributed by atoms with Crippen molar-refractivity contribution in [2.75, 3.05) is 19.6 Å². The average molecular weight is 269 g/mol. The van der Waals surface area contributed by atoms with Gasteiger partial charge in [0.1, 0.15) is 0 Å². The summed E-state index contributed by atoms with van der Waals surface area (Å²) in [6, 6.07) is 9.35. The van der Waals surface area contributed by atoms with Gasteiger partial charge >= 0.3 is 0 Å². The first-order chi connectivity index (χ1) is 9.63. The molecule has 0 saturated heterocycles. The molecule has 104 valence electrons. The first-order valence-corrected chi connectivity index (χ1v) is 6.60. The van der Waals surface area contributed by atoms with E-state index in [2.05, 4.69) is 17.9 Å². The van der Waals surface area contributed by atoms with E-state index in [-0.39, 0.29) is 18.4 Å². The van der Waals surface area contributed by atoms with Gasteiger partial charge in [-0.3, -0.25) is 4.79 Å². The molecule has 0 aromatic heterocycles. The average Bonchev–Trinajstić information content (AvgIpc) is 2.49. The van der Waals surface area contributed by atoms with E-state index in [4.69, 9.17) is 11.0 Å². The van der Waals surface area contributed by atoms with E-state index in [0.29, 0.717) is 24.2 Å². The standard InChI is InChI=1S/C16H19N3O/c1-3-19(12-13(2)11-18)16(20)15-9-5-4-7-14(15)8-6-10-17/h4-5,7,9,13H,3,10,12,17H2,1-2H3. The molecule has 1 aromatic carbocycles. The Bertz CT molecular complexity index is 563. The van der Waals surface area contributed by atoms with Gasteiger partial charge in [-0.1, -0.05) is 24.0 Å². The molecule has 4 heteroatoms. The predicted octanol–water partition coefficient (Wildman–Crippen LogP) is 1.62. The minimum absolute atomic E-state index is 0.100. The summed E-state index contributed by atoms with van der Waals surface area (Å²) in [5, 5.41) is 8.88. The molecule has 0 bridgehead atoms. The van der Waals surface area contributed by atoms with E-state index in [0.717, 1.165) is 0 Å². The molecular weight excluding hydrogens is 250 g/mol. The molecule has 0 heterocycles. The predicted molar refractivity (Wildman–Crippen MR) is 78.7 cm³/mol. The third kappa shape index (κ3) is 4.12. The minimum atomic E-state index is -0.193. The molecule has 0 fully saturated rings. The second-order valence-corrected chi connectivity index (χ2v) is 4.43. The number of hydrogen-bond acceptors (Lipinski definition) is 3. The van der Waals surface area contributed by atoms with Crippen LogP contribution in [0.2, 0.25) is 0 Å². The van der Waals surface area contributed by atoms with Crippen LogP contribution in [0.1, 0.15) is 29.8 Å². The van der Waals surface area contributed by atoms with Crippen LogP contribution in [0.3, 0.4) is 0 Å². The zero-order valence-electron chi connectivity index (χ0n) is 11.9. The van der Waals surface area contributed by atoms with Crippen molar-refractivity contribution < 1.29 is 4.79 Å². The van der Waals surface area contributed by atoms with E-state index < -0.39 is 0 Å². The molecular formula is C16H19N3O. The summed E-state index contributed by atoms with van der Waals surface area (Å²) in [5.41, 5.74) is 6.60. The van der Waals surface area contributed by atoms with Crippen molar-refractivity contribution in [2.45, 2.75) is 13.8 Å². The minimum Gasteiger partial charge on any atom is -0.338 e. The summed E-state index contributed by atoms with van der Waals surface area (Å²) in [4.78, 5) is 14.2. The Balaban J connectivity index is 3.04. The Hall–Kier alpha value is -2.30. The topological polar surface area (TPSA) is 70.1 Å². The fraction of sp³-hybridized carbons (Fsp3) is 0.375. The molecule has 0 aliphatic rings. The van der Waals surface area contributed by atoms with Crippen molar-refractivity contribution in [1.82, 2.24) is 4.90 Å². The zero-order chi connectivity index (χ0) is 15.0. The molecule has 0 spiro atoms. The molecule has 1 rings (SSSR count). The number of benzene rings is 1. The lowest BCUT2D eigenvalue weighted by atomic mass is 10.1. The Morgan fingerprint density at radius 3 is 2.75 bits per heavy atom. The van der Waals surface area contributed by atoms with Gasteiger partial charge < -0.3 is 10.6 Å². The maximum absolute atomic E-state index is 12.5. The van der Waals surface area contributed by atoms with E-state index in [1.54, 1.807) is 24.0 Å². The summed E-state index contributed by atoms with van der Waals surface area (Å²) in [6.07, 6.45) is 0. The lowest BCUT2D eigenvalue weighted by molar-refractivity contribution is 0.0752. The van der Waals surface area contributed by atoms with Gasteiger partial charge in [-0.2, -0.15) is 5.26 Å². The van der Waals surface area contributed by atoms with Crippen LogP contribution in [0.15, 0.2) is 24.3 Å². The Morgan fingerprint density at radius 2 is 2.15 bits per heavy atom. The summed E-state index contributed by atoms with van der Waals surface area (Å²) in [7, 11) is 0. The molecule has 1 amide bonds. The fourth-order valence-corrected chi connectivity index (χ4v) is 1.82. The van der Waals surface area contributed by atoms with Crippen molar-refractivity contribution >= 4 is 5.91 Å². The van der Waals surface area contributed by atoms with Crippen LogP contribution >= 0.6 is 0 Å². The highest BCUT2D eigenvalue weighted by Gasteiger charge is 2.18. The second-order valence-electron chi connectivity index (χ2n) is 4.43. The molecule has 0 aliphatic heterocycles. The van der Waals surface area contributed by atoms with Gasteiger partial charge in [-0.15, -0.1) is 0 Å². The largest absolute Gasteiger partial charge is 0.338 e. The highest BCUT2D eigenvalue weighted by atomic mass is 16.2. The van der Waals surface area contributed by atoms with Gasteiger partial charge in [-0.25, -0.2) is 0 Å². The van der Waals surface area contributed by atoms with E-state index in [1.807, 2.05) is 19.1 Å². The smallest absolute Gasteiger partial charge is 0.255 e. The number of carbonyl (C=O) groups excluding carboxylic acids is 1. The number of carbonyl (C=O) groups is 1. The molecule has 1 unspecified atom stereocenters. The van der Waals surface area contributed by atoms with Gasteiger partial charge in [0.15, 0.2) is 0 Å². The number of amides is 1. The molecule has 2 N–H and O–H groups in total. The van der Waals surface area contributed by atoms with E-state index in [1.165, 1.54) is 0 Å². The number of nitrogens with two attached hydrogens (primary N) is 1. The maximum atomic E-state index is 12.5. The van der Waals surface area contributed by atoms with Crippen molar-refractivity contribution in [3.05, 3.63) is 35.4 Å². The van der Waals surface area contributed by atoms with Gasteiger partial charge in [0.05, 0.1) is 24.1 Å². The van der Waals surface area contributed by atoms with Gasteiger partial charge in [-0.05, 0) is 26.0 Å². The highest BCUT2D eigenvalue weighted by Crippen LogP contribution is 2.12. The molecule has 1 aromatic rings.